The molecule has 5 nitrogen and oxygen atoms in total. The minimum Gasteiger partial charge on any atom is -0.381 e. The molecule has 1 N–H and O–H groups in total. The average Bonchev–Trinajstić information content (AvgIpc) is 2.89. The molecule has 136 valence electrons. The van der Waals surface area contributed by atoms with Gasteiger partial charge in [-0.05, 0) is 43.0 Å². The summed E-state index contributed by atoms with van der Waals surface area (Å²) in [4.78, 5) is 26.7. The summed E-state index contributed by atoms with van der Waals surface area (Å²) in [5.41, 5.74) is -1.40. The summed E-state index contributed by atoms with van der Waals surface area (Å²) in [7, 11) is 0. The number of amides is 1. The van der Waals surface area contributed by atoms with Crippen LogP contribution in [0, 0.1) is 5.82 Å². The number of ether oxygens (including phenoxy) is 1. The second-order valence-corrected chi connectivity index (χ2v) is 7.09. The maximum Gasteiger partial charge on any atom is 0.262 e. The first kappa shape index (κ1) is 18.3. The van der Waals surface area contributed by atoms with Crippen LogP contribution in [0.4, 0.5) is 4.39 Å². The lowest BCUT2D eigenvalue weighted by atomic mass is 9.92. The van der Waals surface area contributed by atoms with Crippen molar-refractivity contribution in [1.29, 1.82) is 0 Å². The van der Waals surface area contributed by atoms with Crippen LogP contribution in [0.2, 0.25) is 5.02 Å². The second-order valence-electron chi connectivity index (χ2n) is 6.65. The topological polar surface area (TPSA) is 66.8 Å². The standard InChI is InChI=1S/C18H21ClFNO4/c19-13-9-12(10-14(20)11-13)1-2-16(22)18(24)5-6-21(17(18)23)15-3-7-25-8-4-15/h9-11,15,24H,1-8H2/t18-/m0/s1. The number of benzene rings is 1. The third-order valence-electron chi connectivity index (χ3n) is 4.99. The Balaban J connectivity index is 1.63. The molecule has 2 aliphatic heterocycles. The number of aryl methyl sites for hydroxylation is 1. The van der Waals surface area contributed by atoms with Gasteiger partial charge in [0.15, 0.2) is 5.78 Å². The number of hydrogen-bond donors (Lipinski definition) is 1. The van der Waals surface area contributed by atoms with Crippen LogP contribution in [0.25, 0.3) is 0 Å². The maximum atomic E-state index is 13.4. The number of ketones is 1. The number of nitrogens with zero attached hydrogens (tertiary/aromatic N) is 1. The van der Waals surface area contributed by atoms with E-state index < -0.39 is 23.1 Å². The average molecular weight is 370 g/mol. The van der Waals surface area contributed by atoms with Crippen molar-refractivity contribution in [1.82, 2.24) is 4.90 Å². The Bertz CT molecular complexity index is 657. The van der Waals surface area contributed by atoms with E-state index in [2.05, 4.69) is 0 Å². The summed E-state index contributed by atoms with van der Waals surface area (Å²) >= 11 is 5.80. The number of carbonyl (C=O) groups is 2. The molecular weight excluding hydrogens is 349 g/mol. The zero-order valence-electron chi connectivity index (χ0n) is 13.8. The Labute approximate surface area is 150 Å². The molecule has 1 aromatic carbocycles. The molecule has 2 heterocycles. The molecule has 2 aliphatic rings. The van der Waals surface area contributed by atoms with E-state index in [0.717, 1.165) is 12.8 Å². The van der Waals surface area contributed by atoms with Crippen LogP contribution in [-0.4, -0.2) is 53.1 Å². The number of Topliss-reactive ketones (excluding diaryl/α,β-unsaturated/α-hetero) is 1. The van der Waals surface area contributed by atoms with Gasteiger partial charge in [0.1, 0.15) is 5.82 Å². The SMILES string of the molecule is O=C(CCc1cc(F)cc(Cl)c1)[C@@]1(O)CCN(C2CCOCC2)C1=O. The van der Waals surface area contributed by atoms with E-state index in [4.69, 9.17) is 16.3 Å². The lowest BCUT2D eigenvalue weighted by Crippen LogP contribution is -2.50. The highest BCUT2D eigenvalue weighted by Crippen LogP contribution is 2.30. The summed E-state index contributed by atoms with van der Waals surface area (Å²) in [6, 6.07) is 4.08. The number of carbonyl (C=O) groups excluding carboxylic acids is 2. The molecular formula is C18H21ClFNO4. The first-order valence-electron chi connectivity index (χ1n) is 8.49. The van der Waals surface area contributed by atoms with Gasteiger partial charge in [0.05, 0.1) is 0 Å². The molecule has 0 unspecified atom stereocenters. The Morgan fingerprint density at radius 3 is 2.76 bits per heavy atom. The second kappa shape index (κ2) is 7.40. The smallest absolute Gasteiger partial charge is 0.262 e. The van der Waals surface area contributed by atoms with E-state index in [1.807, 2.05) is 0 Å². The van der Waals surface area contributed by atoms with E-state index in [1.165, 1.54) is 12.1 Å². The molecule has 2 saturated heterocycles. The number of halogens is 2. The van der Waals surface area contributed by atoms with Crippen LogP contribution in [-0.2, 0) is 20.7 Å². The van der Waals surface area contributed by atoms with E-state index in [1.54, 1.807) is 11.0 Å². The Morgan fingerprint density at radius 2 is 2.08 bits per heavy atom. The summed E-state index contributed by atoms with van der Waals surface area (Å²) in [6.45, 7) is 1.54. The number of rotatable bonds is 5. The fourth-order valence-corrected chi connectivity index (χ4v) is 3.80. The van der Waals surface area contributed by atoms with Crippen molar-refractivity contribution in [2.45, 2.75) is 43.7 Å². The van der Waals surface area contributed by atoms with Gasteiger partial charge in [-0.3, -0.25) is 9.59 Å². The molecule has 0 aliphatic carbocycles. The zero-order chi connectivity index (χ0) is 18.0. The fraction of sp³-hybridized carbons (Fsp3) is 0.556. The van der Waals surface area contributed by atoms with Crippen molar-refractivity contribution in [2.75, 3.05) is 19.8 Å². The van der Waals surface area contributed by atoms with Gasteiger partial charge in [0.25, 0.3) is 5.91 Å². The van der Waals surface area contributed by atoms with E-state index >= 15 is 0 Å². The van der Waals surface area contributed by atoms with E-state index in [-0.39, 0.29) is 30.3 Å². The molecule has 3 rings (SSSR count). The van der Waals surface area contributed by atoms with Gasteiger partial charge in [-0.1, -0.05) is 11.6 Å². The van der Waals surface area contributed by atoms with Gasteiger partial charge < -0.3 is 14.7 Å². The molecule has 0 saturated carbocycles. The first-order valence-corrected chi connectivity index (χ1v) is 8.87. The van der Waals surface area contributed by atoms with Gasteiger partial charge >= 0.3 is 0 Å². The highest BCUT2D eigenvalue weighted by atomic mass is 35.5. The molecule has 1 aromatic rings. The zero-order valence-corrected chi connectivity index (χ0v) is 14.6. The Kier molecular flexibility index (Phi) is 5.41. The molecule has 0 radical (unpaired) electrons. The predicted octanol–water partition coefficient (Wildman–Crippen LogP) is 2.12. The Hall–Kier alpha value is -1.50. The summed E-state index contributed by atoms with van der Waals surface area (Å²) in [6.07, 6.45) is 1.73. The lowest BCUT2D eigenvalue weighted by Gasteiger charge is -2.32. The van der Waals surface area contributed by atoms with Crippen molar-refractivity contribution >= 4 is 23.3 Å². The number of hydrogen-bond acceptors (Lipinski definition) is 4. The summed E-state index contributed by atoms with van der Waals surface area (Å²) in [5, 5.41) is 10.9. The van der Waals surface area contributed by atoms with Crippen LogP contribution in [0.3, 0.4) is 0 Å². The predicted molar refractivity (Wildman–Crippen MR) is 89.9 cm³/mol. The van der Waals surface area contributed by atoms with Crippen molar-refractivity contribution in [3.05, 3.63) is 34.6 Å². The van der Waals surface area contributed by atoms with Gasteiger partial charge in [0, 0.05) is 43.7 Å². The number of likely N-dealkylation sites (tertiary alicyclic amines) is 1. The van der Waals surface area contributed by atoms with Gasteiger partial charge in [-0.15, -0.1) is 0 Å². The quantitative estimate of drug-likeness (QED) is 0.807. The minimum atomic E-state index is -1.96. The first-order chi connectivity index (χ1) is 11.9. The molecule has 1 amide bonds. The van der Waals surface area contributed by atoms with Crippen LogP contribution in [0.1, 0.15) is 31.2 Å². The van der Waals surface area contributed by atoms with Crippen molar-refractivity contribution in [3.63, 3.8) is 0 Å². The lowest BCUT2D eigenvalue weighted by molar-refractivity contribution is -0.154. The normalized spacial score (nSPS) is 24.8. The Morgan fingerprint density at radius 1 is 1.36 bits per heavy atom. The molecule has 0 aromatic heterocycles. The molecule has 0 bridgehead atoms. The summed E-state index contributed by atoms with van der Waals surface area (Å²) in [5.74, 6) is -1.51. The van der Waals surface area contributed by atoms with Crippen LogP contribution in [0.15, 0.2) is 18.2 Å². The molecule has 1 atom stereocenters. The third kappa shape index (κ3) is 3.86. The highest BCUT2D eigenvalue weighted by Gasteiger charge is 2.51. The highest BCUT2D eigenvalue weighted by molar-refractivity contribution is 6.30. The number of aliphatic hydroxyl groups is 1. The van der Waals surface area contributed by atoms with Crippen LogP contribution < -0.4 is 0 Å². The fourth-order valence-electron chi connectivity index (χ4n) is 3.55. The molecule has 0 spiro atoms. The monoisotopic (exact) mass is 369 g/mol. The maximum absolute atomic E-state index is 13.4. The van der Waals surface area contributed by atoms with Gasteiger partial charge in [0.2, 0.25) is 5.60 Å². The van der Waals surface area contributed by atoms with Crippen molar-refractivity contribution in [2.24, 2.45) is 0 Å². The van der Waals surface area contributed by atoms with Gasteiger partial charge in [-0.25, -0.2) is 4.39 Å². The van der Waals surface area contributed by atoms with E-state index in [9.17, 15) is 19.1 Å². The summed E-state index contributed by atoms with van der Waals surface area (Å²) < 4.78 is 18.7. The third-order valence-corrected chi connectivity index (χ3v) is 5.20. The van der Waals surface area contributed by atoms with Crippen molar-refractivity contribution < 1.29 is 23.8 Å². The van der Waals surface area contributed by atoms with Crippen molar-refractivity contribution in [3.8, 4) is 0 Å². The molecule has 7 heteroatoms. The van der Waals surface area contributed by atoms with Crippen LogP contribution in [0.5, 0.6) is 0 Å². The van der Waals surface area contributed by atoms with E-state index in [0.29, 0.717) is 25.3 Å². The molecule has 25 heavy (non-hydrogen) atoms. The van der Waals surface area contributed by atoms with Gasteiger partial charge in [-0.2, -0.15) is 0 Å². The van der Waals surface area contributed by atoms with Crippen LogP contribution >= 0.6 is 11.6 Å². The molecule has 2 fully saturated rings. The largest absolute Gasteiger partial charge is 0.381 e. The minimum absolute atomic E-state index is 0.0186.